The van der Waals surface area contributed by atoms with E-state index >= 15 is 0 Å². The molecule has 0 spiro atoms. The maximum Gasteiger partial charge on any atom is 0.363 e. The van der Waals surface area contributed by atoms with Gasteiger partial charge in [-0.05, 0) is 73.4 Å². The molecule has 3 aliphatic heterocycles. The Morgan fingerprint density at radius 1 is 0.939 bits per heavy atom. The van der Waals surface area contributed by atoms with Crippen molar-refractivity contribution in [1.29, 1.82) is 0 Å². The van der Waals surface area contributed by atoms with E-state index in [4.69, 9.17) is 4.74 Å². The molecule has 15 heteroatoms. The van der Waals surface area contributed by atoms with Gasteiger partial charge in [0.1, 0.15) is 24.0 Å². The highest BCUT2D eigenvalue weighted by molar-refractivity contribution is 7.51. The highest BCUT2D eigenvalue weighted by Gasteiger charge is 2.51. The van der Waals surface area contributed by atoms with Crippen LogP contribution in [0.25, 0.3) is 10.8 Å². The number of carbonyl (C=O) groups is 3. The van der Waals surface area contributed by atoms with Crippen LogP contribution >= 0.6 is 7.60 Å². The predicted molar refractivity (Wildman–Crippen MR) is 177 cm³/mol. The fourth-order valence-electron chi connectivity index (χ4n) is 7.05. The standard InChI is InChI=1S/C34H39FN5O8P/c1-21-15-22(2)17-27(16-21)33(42)37-10-9-29(34(43)39-28(20-37)7-8-30(39)40(44)38-11-13-48-14-12-38)36-32(41)25-6-4-23-3-5-24(18-26(23)19-25)31(35)49(45,46)47/h3-6,15-19,28-31H,7-14,20H2,1-2H3,(H2-,36,41,45,46,47)/p+1/t28-,29+,30-,31?/m1/s1. The van der Waals surface area contributed by atoms with Gasteiger partial charge >= 0.3 is 13.8 Å². The quantitative estimate of drug-likeness (QED) is 0.248. The number of carbonyl (C=O) groups excluding carboxylic acids is 3. The molecule has 0 aromatic heterocycles. The van der Waals surface area contributed by atoms with Crippen LogP contribution in [0.1, 0.15) is 62.6 Å². The highest BCUT2D eigenvalue weighted by Crippen LogP contribution is 2.53. The van der Waals surface area contributed by atoms with Crippen molar-refractivity contribution < 1.29 is 42.7 Å². The zero-order chi connectivity index (χ0) is 35.0. The van der Waals surface area contributed by atoms with Gasteiger partial charge in [-0.1, -0.05) is 35.4 Å². The van der Waals surface area contributed by atoms with Gasteiger partial charge in [0.25, 0.3) is 17.7 Å². The Hall–Kier alpha value is -4.23. The van der Waals surface area contributed by atoms with E-state index in [1.54, 1.807) is 16.0 Å². The minimum atomic E-state index is -5.05. The number of hydrogen-bond acceptors (Lipinski definition) is 6. The molecule has 3 aromatic carbocycles. The minimum absolute atomic E-state index is 0.0943. The van der Waals surface area contributed by atoms with Crippen molar-refractivity contribution in [1.82, 2.24) is 20.1 Å². The van der Waals surface area contributed by atoms with E-state index in [0.717, 1.165) is 16.0 Å². The van der Waals surface area contributed by atoms with Gasteiger partial charge in [-0.3, -0.25) is 23.8 Å². The van der Waals surface area contributed by atoms with Crippen LogP contribution in [0.2, 0.25) is 0 Å². The summed E-state index contributed by atoms with van der Waals surface area (Å²) in [4.78, 5) is 78.2. The zero-order valence-electron chi connectivity index (χ0n) is 27.3. The van der Waals surface area contributed by atoms with Crippen LogP contribution in [0, 0.1) is 18.8 Å². The average Bonchev–Trinajstić information content (AvgIpc) is 3.49. The molecule has 0 radical (unpaired) electrons. The fraction of sp³-hybridized carbons (Fsp3) is 0.441. The van der Waals surface area contributed by atoms with E-state index in [0.29, 0.717) is 55.5 Å². The summed E-state index contributed by atoms with van der Waals surface area (Å²) in [5, 5.41) is 5.44. The molecular weight excluding hydrogens is 656 g/mol. The van der Waals surface area contributed by atoms with Crippen molar-refractivity contribution >= 4 is 36.1 Å². The Morgan fingerprint density at radius 3 is 2.33 bits per heavy atom. The monoisotopic (exact) mass is 696 g/mol. The number of rotatable bonds is 7. The summed E-state index contributed by atoms with van der Waals surface area (Å²) >= 11 is 0. The van der Waals surface area contributed by atoms with Crippen molar-refractivity contribution in [3.63, 3.8) is 0 Å². The normalized spacial score (nSPS) is 22.3. The van der Waals surface area contributed by atoms with Gasteiger partial charge in [-0.25, -0.2) is 4.39 Å². The predicted octanol–water partition coefficient (Wildman–Crippen LogP) is 3.59. The molecule has 1 unspecified atom stereocenters. The molecule has 13 nitrogen and oxygen atoms in total. The van der Waals surface area contributed by atoms with Gasteiger partial charge in [0.2, 0.25) is 5.91 Å². The van der Waals surface area contributed by atoms with Crippen LogP contribution in [-0.4, -0.2) is 105 Å². The maximum atomic E-state index is 14.5. The lowest BCUT2D eigenvalue weighted by molar-refractivity contribution is -0.749. The van der Waals surface area contributed by atoms with Gasteiger partial charge in [0, 0.05) is 30.6 Å². The number of hydrazine groups is 1. The molecule has 0 bridgehead atoms. The fourth-order valence-corrected chi connectivity index (χ4v) is 7.60. The molecule has 3 aliphatic rings. The Morgan fingerprint density at radius 2 is 1.63 bits per heavy atom. The molecule has 4 atom stereocenters. The summed E-state index contributed by atoms with van der Waals surface area (Å²) < 4.78 is 31.4. The third-order valence-electron chi connectivity index (χ3n) is 9.42. The second-order valence-electron chi connectivity index (χ2n) is 13.0. The summed E-state index contributed by atoms with van der Waals surface area (Å²) in [5.41, 5.74) is 2.32. The Bertz CT molecular complexity index is 1830. The Labute approximate surface area is 282 Å². The number of aryl methyl sites for hydroxylation is 2. The molecule has 3 N–H and O–H groups in total. The molecule has 260 valence electrons. The van der Waals surface area contributed by atoms with Gasteiger partial charge < -0.3 is 24.7 Å². The van der Waals surface area contributed by atoms with E-state index in [9.17, 15) is 38.0 Å². The lowest BCUT2D eigenvalue weighted by Gasteiger charge is -2.37. The number of hydrogen-bond donors (Lipinski definition) is 3. The van der Waals surface area contributed by atoms with Crippen LogP contribution in [-0.2, 0) is 14.1 Å². The number of nitrogens with zero attached hydrogens (tertiary/aromatic N) is 4. The lowest BCUT2D eigenvalue weighted by atomic mass is 10.0. The van der Waals surface area contributed by atoms with E-state index < -0.39 is 43.6 Å². The number of morpholine rings is 1. The number of alkyl halides is 1. The topological polar surface area (TPSA) is 160 Å². The molecule has 3 heterocycles. The SMILES string of the molecule is Cc1cc(C)cc(C(=O)N2CC[C@H](NC(=O)c3ccc4ccc(C(F)P(=O)(O)O)cc4c3)C(=O)N3[C@H](CC[C@H]3[N+](=O)N3CCOCC3)C2)c1. The second kappa shape index (κ2) is 13.9. The largest absolute Gasteiger partial charge is 0.377 e. The zero-order valence-corrected chi connectivity index (χ0v) is 28.2. The first kappa shape index (κ1) is 34.6. The number of nitrogens with one attached hydrogen (secondary N) is 1. The van der Waals surface area contributed by atoms with Crippen molar-refractivity contribution in [2.24, 2.45) is 0 Å². The molecule has 3 saturated heterocycles. The second-order valence-corrected chi connectivity index (χ2v) is 14.6. The maximum absolute atomic E-state index is 14.5. The molecule has 6 rings (SSSR count). The van der Waals surface area contributed by atoms with Gasteiger partial charge in [0.15, 0.2) is 0 Å². The van der Waals surface area contributed by atoms with Gasteiger partial charge in [-0.2, -0.15) is 0 Å². The molecule has 3 amide bonds. The van der Waals surface area contributed by atoms with Gasteiger partial charge in [0.05, 0.1) is 24.2 Å². The third kappa shape index (κ3) is 7.37. The summed E-state index contributed by atoms with van der Waals surface area (Å²) in [5.74, 6) is -3.74. The summed E-state index contributed by atoms with van der Waals surface area (Å²) in [6.07, 6.45) is 0.152. The molecular formula is C34H40FN5O8P+. The molecule has 0 saturated carbocycles. The lowest BCUT2D eigenvalue weighted by Crippen LogP contribution is -2.61. The number of ether oxygens (including phenoxy) is 1. The van der Waals surface area contributed by atoms with Crippen LogP contribution in [0.5, 0.6) is 0 Å². The first-order chi connectivity index (χ1) is 23.3. The first-order valence-corrected chi connectivity index (χ1v) is 18.0. The first-order valence-electron chi connectivity index (χ1n) is 16.3. The van der Waals surface area contributed by atoms with Crippen LogP contribution < -0.4 is 5.32 Å². The number of amides is 3. The molecule has 0 aliphatic carbocycles. The average molecular weight is 697 g/mol. The summed E-state index contributed by atoms with van der Waals surface area (Å²) in [6, 6.07) is 12.8. The van der Waals surface area contributed by atoms with Crippen molar-refractivity contribution in [2.45, 2.75) is 57.3 Å². The van der Waals surface area contributed by atoms with E-state index in [1.165, 1.54) is 35.2 Å². The number of nitroso groups, excluding NO2 is 1. The number of benzene rings is 3. The molecule has 3 aromatic rings. The molecule has 49 heavy (non-hydrogen) atoms. The van der Waals surface area contributed by atoms with Crippen molar-refractivity contribution in [2.75, 3.05) is 39.4 Å². The van der Waals surface area contributed by atoms with E-state index in [2.05, 4.69) is 5.32 Å². The smallest absolute Gasteiger partial charge is 0.363 e. The van der Waals surface area contributed by atoms with Crippen molar-refractivity contribution in [3.05, 3.63) is 87.3 Å². The minimum Gasteiger partial charge on any atom is -0.377 e. The third-order valence-corrected chi connectivity index (χ3v) is 10.3. The number of fused-ring (bicyclic) bond motifs is 2. The van der Waals surface area contributed by atoms with Crippen LogP contribution in [0.4, 0.5) is 4.39 Å². The summed E-state index contributed by atoms with van der Waals surface area (Å²) in [6.45, 7) is 5.79. The van der Waals surface area contributed by atoms with E-state index in [1.807, 2.05) is 32.0 Å². The van der Waals surface area contributed by atoms with Crippen LogP contribution in [0.3, 0.4) is 0 Å². The number of halogens is 1. The highest BCUT2D eigenvalue weighted by atomic mass is 31.2. The van der Waals surface area contributed by atoms with Crippen LogP contribution in [0.15, 0.2) is 54.6 Å². The summed E-state index contributed by atoms with van der Waals surface area (Å²) in [7, 11) is -5.05. The Kier molecular flexibility index (Phi) is 9.86. The Balaban J connectivity index is 1.29. The van der Waals surface area contributed by atoms with Gasteiger partial charge in [-0.15, -0.1) is 5.01 Å². The molecule has 3 fully saturated rings. The van der Waals surface area contributed by atoms with E-state index in [-0.39, 0.29) is 36.5 Å². The van der Waals surface area contributed by atoms with Crippen molar-refractivity contribution in [3.8, 4) is 0 Å².